The van der Waals surface area contributed by atoms with Crippen LogP contribution in [0.2, 0.25) is 0 Å². The topological polar surface area (TPSA) is 56.8 Å². The zero-order chi connectivity index (χ0) is 12.6. The highest BCUT2D eigenvalue weighted by atomic mass is 16.5. The molecule has 0 aliphatic carbocycles. The molecule has 0 spiro atoms. The van der Waals surface area contributed by atoms with Crippen molar-refractivity contribution in [2.45, 2.75) is 6.61 Å². The standard InChI is InChI=1S/C13H13NO4/c15-12(14-13-10-16-6-7-18-13)9-17-8-11-4-2-1-3-5-11/h1-7,10H,8-9H2,(H,14,15). The van der Waals surface area contributed by atoms with E-state index in [2.05, 4.69) is 5.32 Å². The second-order valence-corrected chi connectivity index (χ2v) is 3.53. The zero-order valence-corrected chi connectivity index (χ0v) is 9.67. The van der Waals surface area contributed by atoms with Gasteiger partial charge in [0.05, 0.1) is 6.61 Å². The molecule has 0 bridgehead atoms. The lowest BCUT2D eigenvalue weighted by Gasteiger charge is -2.11. The predicted octanol–water partition coefficient (Wildman–Crippen LogP) is 1.64. The summed E-state index contributed by atoms with van der Waals surface area (Å²) in [6.45, 7) is 0.351. The van der Waals surface area contributed by atoms with Gasteiger partial charge in [-0.2, -0.15) is 0 Å². The van der Waals surface area contributed by atoms with Crippen LogP contribution in [0.3, 0.4) is 0 Å². The van der Waals surface area contributed by atoms with Crippen molar-refractivity contribution >= 4 is 5.91 Å². The average Bonchev–Trinajstić information content (AvgIpc) is 2.41. The van der Waals surface area contributed by atoms with Crippen LogP contribution in [0.25, 0.3) is 0 Å². The Hall–Kier alpha value is -2.27. The van der Waals surface area contributed by atoms with Gasteiger partial charge in [-0.1, -0.05) is 30.3 Å². The summed E-state index contributed by atoms with van der Waals surface area (Å²) in [5, 5.41) is 2.50. The monoisotopic (exact) mass is 247 g/mol. The highest BCUT2D eigenvalue weighted by molar-refractivity contribution is 5.78. The maximum absolute atomic E-state index is 11.5. The van der Waals surface area contributed by atoms with E-state index in [0.717, 1.165) is 5.56 Å². The van der Waals surface area contributed by atoms with Crippen molar-refractivity contribution in [1.29, 1.82) is 0 Å². The first-order valence-electron chi connectivity index (χ1n) is 5.43. The number of hydrogen-bond donors (Lipinski definition) is 1. The van der Waals surface area contributed by atoms with Crippen LogP contribution in [0, 0.1) is 0 Å². The zero-order valence-electron chi connectivity index (χ0n) is 9.67. The molecule has 1 N–H and O–H groups in total. The van der Waals surface area contributed by atoms with Gasteiger partial charge in [-0.15, -0.1) is 0 Å². The lowest BCUT2D eigenvalue weighted by Crippen LogP contribution is -2.28. The number of carbonyl (C=O) groups excluding carboxylic acids is 1. The van der Waals surface area contributed by atoms with Gasteiger partial charge in [-0.25, -0.2) is 0 Å². The molecule has 5 nitrogen and oxygen atoms in total. The molecular weight excluding hydrogens is 234 g/mol. The molecule has 1 amide bonds. The minimum absolute atomic E-state index is 0.0424. The Balaban J connectivity index is 1.67. The minimum atomic E-state index is -0.295. The number of carbonyl (C=O) groups is 1. The van der Waals surface area contributed by atoms with Crippen molar-refractivity contribution in [3.63, 3.8) is 0 Å². The van der Waals surface area contributed by atoms with E-state index in [9.17, 15) is 4.79 Å². The minimum Gasteiger partial charge on any atom is -0.464 e. The molecule has 0 unspecified atom stereocenters. The van der Waals surface area contributed by atoms with Crippen LogP contribution in [-0.2, 0) is 25.6 Å². The molecule has 2 rings (SSSR count). The normalized spacial score (nSPS) is 13.2. The van der Waals surface area contributed by atoms with Crippen LogP contribution >= 0.6 is 0 Å². The van der Waals surface area contributed by atoms with Crippen LogP contribution < -0.4 is 5.32 Å². The molecular formula is C13H13NO4. The van der Waals surface area contributed by atoms with Crippen LogP contribution in [0.4, 0.5) is 0 Å². The van der Waals surface area contributed by atoms with Crippen LogP contribution in [-0.4, -0.2) is 12.5 Å². The van der Waals surface area contributed by atoms with Crippen LogP contribution in [0.15, 0.2) is 55.0 Å². The van der Waals surface area contributed by atoms with Crippen LogP contribution in [0.1, 0.15) is 5.56 Å². The SMILES string of the molecule is O=C(COCc1ccccc1)NC1=COC=CO1. The molecule has 94 valence electrons. The number of benzene rings is 1. The number of ether oxygens (including phenoxy) is 3. The highest BCUT2D eigenvalue weighted by Gasteiger charge is 2.07. The molecule has 0 radical (unpaired) electrons. The van der Waals surface area contributed by atoms with Gasteiger partial charge in [0.25, 0.3) is 5.91 Å². The summed E-state index contributed by atoms with van der Waals surface area (Å²) >= 11 is 0. The first-order valence-corrected chi connectivity index (χ1v) is 5.43. The smallest absolute Gasteiger partial charge is 0.252 e. The number of nitrogens with one attached hydrogen (secondary N) is 1. The molecule has 1 aromatic carbocycles. The molecule has 0 aromatic heterocycles. The van der Waals surface area contributed by atoms with Crippen molar-refractivity contribution in [2.75, 3.05) is 6.61 Å². The number of amides is 1. The summed E-state index contributed by atoms with van der Waals surface area (Å²) in [6.07, 6.45) is 4.00. The molecule has 0 fully saturated rings. The van der Waals surface area contributed by atoms with Gasteiger partial charge in [-0.3, -0.25) is 10.1 Å². The second-order valence-electron chi connectivity index (χ2n) is 3.53. The fourth-order valence-corrected chi connectivity index (χ4v) is 1.33. The van der Waals surface area contributed by atoms with Gasteiger partial charge in [-0.05, 0) is 5.56 Å². The first-order chi connectivity index (χ1) is 8.84. The quantitative estimate of drug-likeness (QED) is 0.859. The summed E-state index contributed by atoms with van der Waals surface area (Å²) < 4.78 is 15.1. The maximum atomic E-state index is 11.5. The summed E-state index contributed by atoms with van der Waals surface area (Å²) in [7, 11) is 0. The molecule has 1 aliphatic rings. The Morgan fingerprint density at radius 1 is 1.22 bits per heavy atom. The van der Waals surface area contributed by atoms with Gasteiger partial charge in [0, 0.05) is 0 Å². The predicted molar refractivity (Wildman–Crippen MR) is 63.6 cm³/mol. The average molecular weight is 247 g/mol. The largest absolute Gasteiger partial charge is 0.464 e. The molecule has 18 heavy (non-hydrogen) atoms. The first kappa shape index (κ1) is 12.2. The lowest BCUT2D eigenvalue weighted by atomic mass is 10.2. The molecule has 1 heterocycles. The van der Waals surface area contributed by atoms with E-state index in [-0.39, 0.29) is 18.4 Å². The van der Waals surface area contributed by atoms with Gasteiger partial charge in [0.1, 0.15) is 19.1 Å². The summed E-state index contributed by atoms with van der Waals surface area (Å²) in [6, 6.07) is 9.63. The maximum Gasteiger partial charge on any atom is 0.252 e. The van der Waals surface area contributed by atoms with Crippen molar-refractivity contribution in [1.82, 2.24) is 5.32 Å². The highest BCUT2D eigenvalue weighted by Crippen LogP contribution is 2.02. The van der Waals surface area contributed by atoms with Gasteiger partial charge in [0.15, 0.2) is 6.26 Å². The van der Waals surface area contributed by atoms with Crippen molar-refractivity contribution in [3.8, 4) is 0 Å². The fraction of sp³-hybridized carbons (Fsp3) is 0.154. The fourth-order valence-electron chi connectivity index (χ4n) is 1.33. The van der Waals surface area contributed by atoms with Crippen molar-refractivity contribution < 1.29 is 19.0 Å². The van der Waals surface area contributed by atoms with Crippen molar-refractivity contribution in [2.24, 2.45) is 0 Å². The van der Waals surface area contributed by atoms with E-state index in [1.54, 1.807) is 0 Å². The Labute approximate surface area is 105 Å². The third-order valence-corrected chi connectivity index (χ3v) is 2.11. The molecule has 0 atom stereocenters. The van der Waals surface area contributed by atoms with Crippen molar-refractivity contribution in [3.05, 3.63) is 60.6 Å². The Morgan fingerprint density at radius 3 is 2.78 bits per heavy atom. The van der Waals surface area contributed by atoms with E-state index < -0.39 is 0 Å². The van der Waals surface area contributed by atoms with Gasteiger partial charge in [0.2, 0.25) is 5.88 Å². The summed E-state index contributed by atoms with van der Waals surface area (Å²) in [5.41, 5.74) is 1.02. The van der Waals surface area contributed by atoms with Gasteiger partial charge < -0.3 is 14.2 Å². The Morgan fingerprint density at radius 2 is 2.06 bits per heavy atom. The van der Waals surface area contributed by atoms with E-state index in [1.165, 1.54) is 18.8 Å². The molecule has 0 saturated heterocycles. The summed E-state index contributed by atoms with van der Waals surface area (Å²) in [5.74, 6) is -0.0538. The van der Waals surface area contributed by atoms with E-state index in [1.807, 2.05) is 30.3 Å². The third kappa shape index (κ3) is 3.95. The summed E-state index contributed by atoms with van der Waals surface area (Å²) in [4.78, 5) is 11.5. The number of hydrogen-bond acceptors (Lipinski definition) is 4. The van der Waals surface area contributed by atoms with E-state index >= 15 is 0 Å². The van der Waals surface area contributed by atoms with E-state index in [0.29, 0.717) is 6.61 Å². The number of rotatable bonds is 5. The van der Waals surface area contributed by atoms with E-state index in [4.69, 9.17) is 14.2 Å². The van der Waals surface area contributed by atoms with Gasteiger partial charge >= 0.3 is 0 Å². The molecule has 0 saturated carbocycles. The second kappa shape index (κ2) is 6.46. The third-order valence-electron chi connectivity index (χ3n) is 2.11. The lowest BCUT2D eigenvalue weighted by molar-refractivity contribution is -0.126. The Kier molecular flexibility index (Phi) is 4.38. The molecule has 1 aromatic rings. The molecule has 1 aliphatic heterocycles. The molecule has 5 heteroatoms. The van der Waals surface area contributed by atoms with Crippen LogP contribution in [0.5, 0.6) is 0 Å². The Bertz CT molecular complexity index is 453.